The van der Waals surface area contributed by atoms with Crippen molar-refractivity contribution >= 4 is 39.4 Å². The fourth-order valence-electron chi connectivity index (χ4n) is 1.21. The van der Waals surface area contributed by atoms with Gasteiger partial charge in [-0.05, 0) is 41.1 Å². The van der Waals surface area contributed by atoms with Gasteiger partial charge >= 0.3 is 0 Å². The average molecular weight is 316 g/mol. The third kappa shape index (κ3) is 2.83. The van der Waals surface area contributed by atoms with E-state index in [4.69, 9.17) is 11.6 Å². The summed E-state index contributed by atoms with van der Waals surface area (Å²) in [5.74, 6) is 0.595. The van der Waals surface area contributed by atoms with Gasteiger partial charge in [0.25, 0.3) is 5.91 Å². The van der Waals surface area contributed by atoms with Crippen LogP contribution >= 0.6 is 27.5 Å². The second-order valence-electron chi connectivity index (χ2n) is 3.33. The zero-order valence-corrected chi connectivity index (χ0v) is 11.1. The maximum atomic E-state index is 11.8. The molecular weight excluding hydrogens is 307 g/mol. The van der Waals surface area contributed by atoms with Gasteiger partial charge in [0.2, 0.25) is 5.95 Å². The largest absolute Gasteiger partial charge is 0.289 e. The smallest absolute Gasteiger partial charge is 0.258 e. The summed E-state index contributed by atoms with van der Waals surface area (Å²) in [6.45, 7) is 1.75. The summed E-state index contributed by atoms with van der Waals surface area (Å²) in [6.07, 6.45) is 0. The van der Waals surface area contributed by atoms with E-state index in [2.05, 4.69) is 36.4 Å². The summed E-state index contributed by atoms with van der Waals surface area (Å²) >= 11 is 9.10. The van der Waals surface area contributed by atoms with Crippen LogP contribution in [0, 0.1) is 6.92 Å². The molecule has 2 rings (SSSR count). The Morgan fingerprint density at radius 1 is 1.53 bits per heavy atom. The molecule has 0 aliphatic rings. The average Bonchev–Trinajstić information content (AvgIpc) is 2.68. The van der Waals surface area contributed by atoms with Gasteiger partial charge in [0.05, 0.1) is 5.02 Å². The number of aromatic amines is 1. The maximum absolute atomic E-state index is 11.8. The Morgan fingerprint density at radius 3 is 2.88 bits per heavy atom. The molecule has 1 aromatic heterocycles. The van der Waals surface area contributed by atoms with Crippen LogP contribution in [0.3, 0.4) is 0 Å². The summed E-state index contributed by atoms with van der Waals surface area (Å²) in [5.41, 5.74) is 0.476. The van der Waals surface area contributed by atoms with Crippen molar-refractivity contribution < 1.29 is 4.79 Å². The van der Waals surface area contributed by atoms with Crippen LogP contribution in [0.4, 0.5) is 5.95 Å². The molecule has 0 unspecified atom stereocenters. The number of aryl methyl sites for hydroxylation is 1. The quantitative estimate of drug-likeness (QED) is 0.895. The van der Waals surface area contributed by atoms with Gasteiger partial charge in [-0.25, -0.2) is 0 Å². The van der Waals surface area contributed by atoms with Gasteiger partial charge in [0.15, 0.2) is 0 Å². The summed E-state index contributed by atoms with van der Waals surface area (Å²) in [5, 5.41) is 9.58. The monoisotopic (exact) mass is 314 g/mol. The molecule has 1 heterocycles. The number of hydrogen-bond donors (Lipinski definition) is 2. The number of H-pyrrole nitrogens is 1. The van der Waals surface area contributed by atoms with Crippen LogP contribution in [0.25, 0.3) is 0 Å². The normalized spacial score (nSPS) is 10.3. The SMILES string of the molecule is Cc1nc(NC(=O)c2ccc(Cl)c(Br)c2)n[nH]1. The van der Waals surface area contributed by atoms with E-state index >= 15 is 0 Å². The van der Waals surface area contributed by atoms with Crippen LogP contribution < -0.4 is 5.32 Å². The first-order chi connectivity index (χ1) is 8.06. The lowest BCUT2D eigenvalue weighted by Gasteiger charge is -2.02. The molecule has 88 valence electrons. The van der Waals surface area contributed by atoms with Crippen molar-refractivity contribution in [3.05, 3.63) is 39.1 Å². The molecule has 0 fully saturated rings. The number of halogens is 2. The Balaban J connectivity index is 2.17. The molecule has 17 heavy (non-hydrogen) atoms. The predicted molar refractivity (Wildman–Crippen MR) is 68.2 cm³/mol. The molecule has 0 aliphatic carbocycles. The fourth-order valence-corrected chi connectivity index (χ4v) is 1.71. The zero-order chi connectivity index (χ0) is 12.4. The van der Waals surface area contributed by atoms with Gasteiger partial charge in [-0.3, -0.25) is 15.2 Å². The lowest BCUT2D eigenvalue weighted by molar-refractivity contribution is 0.102. The van der Waals surface area contributed by atoms with E-state index in [1.165, 1.54) is 0 Å². The minimum absolute atomic E-state index is 0.249. The van der Waals surface area contributed by atoms with Gasteiger partial charge in [0.1, 0.15) is 5.82 Å². The van der Waals surface area contributed by atoms with Gasteiger partial charge in [-0.15, -0.1) is 5.10 Å². The van der Waals surface area contributed by atoms with E-state index < -0.39 is 0 Å². The van der Waals surface area contributed by atoms with Crippen LogP contribution in [0.2, 0.25) is 5.02 Å². The molecule has 0 radical (unpaired) electrons. The number of aromatic nitrogens is 3. The zero-order valence-electron chi connectivity index (χ0n) is 8.79. The van der Waals surface area contributed by atoms with Crippen molar-refractivity contribution in [2.75, 3.05) is 5.32 Å². The van der Waals surface area contributed by atoms with Gasteiger partial charge in [-0.1, -0.05) is 11.6 Å². The van der Waals surface area contributed by atoms with E-state index in [0.717, 1.165) is 0 Å². The summed E-state index contributed by atoms with van der Waals surface area (Å²) < 4.78 is 0.665. The molecule has 0 atom stereocenters. The first kappa shape index (κ1) is 12.1. The highest BCUT2D eigenvalue weighted by Gasteiger charge is 2.10. The number of nitrogens with zero attached hydrogens (tertiary/aromatic N) is 2. The van der Waals surface area contributed by atoms with Crippen molar-refractivity contribution in [2.24, 2.45) is 0 Å². The molecule has 0 spiro atoms. The second-order valence-corrected chi connectivity index (χ2v) is 4.59. The minimum Gasteiger partial charge on any atom is -0.289 e. The number of amides is 1. The Hall–Kier alpha value is -1.40. The van der Waals surface area contributed by atoms with Crippen molar-refractivity contribution in [2.45, 2.75) is 6.92 Å². The molecule has 0 bridgehead atoms. The molecule has 0 saturated carbocycles. The molecule has 0 saturated heterocycles. The fraction of sp³-hybridized carbons (Fsp3) is 0.100. The van der Waals surface area contributed by atoms with Crippen molar-refractivity contribution in [3.8, 4) is 0 Å². The van der Waals surface area contributed by atoms with Crippen LogP contribution in [-0.2, 0) is 0 Å². The van der Waals surface area contributed by atoms with E-state index in [9.17, 15) is 4.79 Å². The topological polar surface area (TPSA) is 70.7 Å². The summed E-state index contributed by atoms with van der Waals surface area (Å²) in [7, 11) is 0. The Labute approximate surface area is 111 Å². The highest BCUT2D eigenvalue weighted by molar-refractivity contribution is 9.10. The van der Waals surface area contributed by atoms with Gasteiger partial charge < -0.3 is 0 Å². The molecule has 2 aromatic rings. The van der Waals surface area contributed by atoms with Crippen molar-refractivity contribution in [1.82, 2.24) is 15.2 Å². The number of anilines is 1. The number of hydrogen-bond acceptors (Lipinski definition) is 3. The van der Waals surface area contributed by atoms with E-state index in [1.807, 2.05) is 0 Å². The molecule has 2 N–H and O–H groups in total. The molecule has 0 aliphatic heterocycles. The summed E-state index contributed by atoms with van der Waals surface area (Å²) in [4.78, 5) is 15.8. The van der Waals surface area contributed by atoms with E-state index in [0.29, 0.717) is 20.9 Å². The molecule has 1 aromatic carbocycles. The number of benzene rings is 1. The van der Waals surface area contributed by atoms with Crippen molar-refractivity contribution in [1.29, 1.82) is 0 Å². The standard InChI is InChI=1S/C10H8BrClN4O/c1-5-13-10(16-15-5)14-9(17)6-2-3-8(12)7(11)4-6/h2-4H,1H3,(H2,13,14,15,16,17). The third-order valence-electron chi connectivity index (χ3n) is 2.00. The van der Waals surface area contributed by atoms with Crippen LogP contribution in [0.15, 0.2) is 22.7 Å². The molecule has 7 heteroatoms. The molecule has 1 amide bonds. The predicted octanol–water partition coefficient (Wildman–Crippen LogP) is 2.78. The third-order valence-corrected chi connectivity index (χ3v) is 3.22. The van der Waals surface area contributed by atoms with Crippen LogP contribution in [-0.4, -0.2) is 21.1 Å². The summed E-state index contributed by atoms with van der Waals surface area (Å²) in [6, 6.07) is 4.91. The molecule has 5 nitrogen and oxygen atoms in total. The van der Waals surface area contributed by atoms with E-state index in [-0.39, 0.29) is 11.9 Å². The Bertz CT molecular complexity index is 569. The highest BCUT2D eigenvalue weighted by atomic mass is 79.9. The lowest BCUT2D eigenvalue weighted by atomic mass is 10.2. The number of carbonyl (C=O) groups is 1. The minimum atomic E-state index is -0.290. The van der Waals surface area contributed by atoms with Gasteiger partial charge in [0, 0.05) is 10.0 Å². The van der Waals surface area contributed by atoms with Crippen molar-refractivity contribution in [3.63, 3.8) is 0 Å². The first-order valence-corrected chi connectivity index (χ1v) is 5.89. The Kier molecular flexibility index (Phi) is 3.44. The van der Waals surface area contributed by atoms with Gasteiger partial charge in [-0.2, -0.15) is 4.98 Å². The number of nitrogens with one attached hydrogen (secondary N) is 2. The second kappa shape index (κ2) is 4.85. The molecular formula is C10H8BrClN4O. The first-order valence-electron chi connectivity index (χ1n) is 4.71. The lowest BCUT2D eigenvalue weighted by Crippen LogP contribution is -2.13. The number of carbonyl (C=O) groups excluding carboxylic acids is 1. The Morgan fingerprint density at radius 2 is 2.29 bits per heavy atom. The number of rotatable bonds is 2. The van der Waals surface area contributed by atoms with E-state index in [1.54, 1.807) is 25.1 Å². The van der Waals surface area contributed by atoms with Crippen LogP contribution in [0.5, 0.6) is 0 Å². The van der Waals surface area contributed by atoms with Crippen LogP contribution in [0.1, 0.15) is 16.2 Å². The highest BCUT2D eigenvalue weighted by Crippen LogP contribution is 2.23. The maximum Gasteiger partial charge on any atom is 0.258 e.